The van der Waals surface area contributed by atoms with E-state index in [-0.39, 0.29) is 25.1 Å². The summed E-state index contributed by atoms with van der Waals surface area (Å²) in [5, 5.41) is 12.2. The zero-order valence-electron chi connectivity index (χ0n) is 12.6. The minimum Gasteiger partial charge on any atom is -0.395 e. The maximum Gasteiger partial charge on any atom is 0.401 e. The molecule has 0 heterocycles. The standard InChI is InChI=1S/C14H27F3N2O/c1-10-6-11(2)12(13(7-10)18-3)8-19(4-5-20)9-14(15,16)17/h10-13,18,20H,4-9H2,1-3H3. The van der Waals surface area contributed by atoms with Gasteiger partial charge in [0.2, 0.25) is 0 Å². The van der Waals surface area contributed by atoms with Gasteiger partial charge in [-0.1, -0.05) is 13.8 Å². The quantitative estimate of drug-likeness (QED) is 0.788. The Bertz CT molecular complexity index is 286. The molecule has 6 heteroatoms. The fourth-order valence-electron chi connectivity index (χ4n) is 3.48. The van der Waals surface area contributed by atoms with Crippen LogP contribution >= 0.6 is 0 Å². The molecule has 0 aromatic rings. The number of halogens is 3. The van der Waals surface area contributed by atoms with E-state index >= 15 is 0 Å². The fourth-order valence-corrected chi connectivity index (χ4v) is 3.48. The molecule has 0 aromatic heterocycles. The van der Waals surface area contributed by atoms with Gasteiger partial charge in [0.1, 0.15) is 0 Å². The van der Waals surface area contributed by atoms with Crippen molar-refractivity contribution in [3.05, 3.63) is 0 Å². The Balaban J connectivity index is 2.69. The predicted molar refractivity (Wildman–Crippen MR) is 73.5 cm³/mol. The first-order valence-electron chi connectivity index (χ1n) is 7.34. The van der Waals surface area contributed by atoms with Gasteiger partial charge in [-0.25, -0.2) is 0 Å². The van der Waals surface area contributed by atoms with Crippen LogP contribution in [-0.2, 0) is 0 Å². The Hall–Kier alpha value is -0.330. The summed E-state index contributed by atoms with van der Waals surface area (Å²) in [6.07, 6.45) is -2.15. The molecule has 1 saturated carbocycles. The van der Waals surface area contributed by atoms with E-state index in [9.17, 15) is 13.2 Å². The van der Waals surface area contributed by atoms with Crippen LogP contribution in [0.15, 0.2) is 0 Å². The maximum absolute atomic E-state index is 12.6. The lowest BCUT2D eigenvalue weighted by Crippen LogP contribution is -2.49. The van der Waals surface area contributed by atoms with Crippen molar-refractivity contribution in [1.29, 1.82) is 0 Å². The van der Waals surface area contributed by atoms with Crippen LogP contribution in [0.25, 0.3) is 0 Å². The summed E-state index contributed by atoms with van der Waals surface area (Å²) in [5.41, 5.74) is 0. The van der Waals surface area contributed by atoms with Gasteiger partial charge < -0.3 is 10.4 Å². The van der Waals surface area contributed by atoms with Crippen LogP contribution in [0.1, 0.15) is 26.7 Å². The number of rotatable bonds is 6. The lowest BCUT2D eigenvalue weighted by atomic mass is 9.72. The van der Waals surface area contributed by atoms with Crippen molar-refractivity contribution in [3.8, 4) is 0 Å². The van der Waals surface area contributed by atoms with E-state index in [1.165, 1.54) is 4.90 Å². The Labute approximate surface area is 119 Å². The van der Waals surface area contributed by atoms with Crippen LogP contribution in [0.3, 0.4) is 0 Å². The van der Waals surface area contributed by atoms with Crippen molar-refractivity contribution >= 4 is 0 Å². The molecule has 3 nitrogen and oxygen atoms in total. The highest BCUT2D eigenvalue weighted by Gasteiger charge is 2.37. The topological polar surface area (TPSA) is 35.5 Å². The van der Waals surface area contributed by atoms with Crippen molar-refractivity contribution in [3.63, 3.8) is 0 Å². The predicted octanol–water partition coefficient (Wildman–Crippen LogP) is 2.11. The molecule has 0 amide bonds. The summed E-state index contributed by atoms with van der Waals surface area (Å²) in [6.45, 7) is 3.60. The van der Waals surface area contributed by atoms with Gasteiger partial charge in [-0.05, 0) is 37.6 Å². The molecule has 4 atom stereocenters. The summed E-state index contributed by atoms with van der Waals surface area (Å²) in [6, 6.07) is 0.253. The van der Waals surface area contributed by atoms with E-state index in [1.54, 1.807) is 0 Å². The van der Waals surface area contributed by atoms with Gasteiger partial charge in [0.15, 0.2) is 0 Å². The Morgan fingerprint density at radius 3 is 2.40 bits per heavy atom. The lowest BCUT2D eigenvalue weighted by Gasteiger charge is -2.42. The molecule has 0 bridgehead atoms. The second-order valence-electron chi connectivity index (χ2n) is 6.19. The van der Waals surface area contributed by atoms with Gasteiger partial charge in [0, 0.05) is 19.1 Å². The van der Waals surface area contributed by atoms with Crippen molar-refractivity contribution < 1.29 is 18.3 Å². The number of hydrogen-bond donors (Lipinski definition) is 2. The third-order valence-electron chi connectivity index (χ3n) is 4.34. The molecule has 4 unspecified atom stereocenters. The normalized spacial score (nSPS) is 31.8. The molecule has 1 aliphatic rings. The molecule has 0 aliphatic heterocycles. The SMILES string of the molecule is CNC1CC(C)CC(C)C1CN(CCO)CC(F)(F)F. The number of nitrogens with zero attached hydrogens (tertiary/aromatic N) is 1. The van der Waals surface area contributed by atoms with Crippen molar-refractivity contribution in [2.24, 2.45) is 17.8 Å². The maximum atomic E-state index is 12.6. The first-order valence-corrected chi connectivity index (χ1v) is 7.34. The minimum absolute atomic E-state index is 0.0781. The van der Waals surface area contributed by atoms with E-state index in [1.807, 2.05) is 7.05 Å². The van der Waals surface area contributed by atoms with Crippen LogP contribution in [0.5, 0.6) is 0 Å². The molecular weight excluding hydrogens is 269 g/mol. The Kier molecular flexibility index (Phi) is 6.75. The number of nitrogens with one attached hydrogen (secondary N) is 1. The molecular formula is C14H27F3N2O. The van der Waals surface area contributed by atoms with Crippen molar-refractivity contribution in [1.82, 2.24) is 10.2 Å². The number of hydrogen-bond acceptors (Lipinski definition) is 3. The molecule has 1 aliphatic carbocycles. The first kappa shape index (κ1) is 17.7. The first-order chi connectivity index (χ1) is 9.26. The van der Waals surface area contributed by atoms with E-state index in [2.05, 4.69) is 19.2 Å². The van der Waals surface area contributed by atoms with Crippen LogP contribution in [0.4, 0.5) is 13.2 Å². The van der Waals surface area contributed by atoms with E-state index in [0.29, 0.717) is 18.4 Å². The van der Waals surface area contributed by atoms with Crippen LogP contribution in [0.2, 0.25) is 0 Å². The number of aliphatic hydroxyl groups is 1. The summed E-state index contributed by atoms with van der Waals surface area (Å²) >= 11 is 0. The fraction of sp³-hybridized carbons (Fsp3) is 1.00. The Morgan fingerprint density at radius 2 is 1.90 bits per heavy atom. The monoisotopic (exact) mass is 296 g/mol. The molecule has 0 radical (unpaired) electrons. The highest BCUT2D eigenvalue weighted by molar-refractivity contribution is 4.89. The van der Waals surface area contributed by atoms with Crippen molar-refractivity contribution in [2.75, 3.05) is 33.3 Å². The van der Waals surface area contributed by atoms with Gasteiger partial charge >= 0.3 is 6.18 Å². The van der Waals surface area contributed by atoms with E-state index in [4.69, 9.17) is 5.11 Å². The average molecular weight is 296 g/mol. The third kappa shape index (κ3) is 5.58. The number of alkyl halides is 3. The summed E-state index contributed by atoms with van der Waals surface area (Å²) in [5.74, 6) is 1.20. The van der Waals surface area contributed by atoms with Gasteiger partial charge in [-0.2, -0.15) is 13.2 Å². The van der Waals surface area contributed by atoms with E-state index in [0.717, 1.165) is 12.8 Å². The van der Waals surface area contributed by atoms with Gasteiger partial charge in [-0.15, -0.1) is 0 Å². The molecule has 1 fully saturated rings. The highest BCUT2D eigenvalue weighted by atomic mass is 19.4. The minimum atomic E-state index is -4.21. The molecule has 120 valence electrons. The molecule has 0 spiro atoms. The lowest BCUT2D eigenvalue weighted by molar-refractivity contribution is -0.149. The summed E-state index contributed by atoms with van der Waals surface area (Å²) < 4.78 is 37.7. The van der Waals surface area contributed by atoms with Crippen LogP contribution in [-0.4, -0.2) is 55.5 Å². The van der Waals surface area contributed by atoms with Gasteiger partial charge in [0.05, 0.1) is 13.2 Å². The molecule has 1 rings (SSSR count). The molecule has 0 aromatic carbocycles. The smallest absolute Gasteiger partial charge is 0.395 e. The zero-order chi connectivity index (χ0) is 15.3. The molecule has 20 heavy (non-hydrogen) atoms. The molecule has 0 saturated heterocycles. The zero-order valence-corrected chi connectivity index (χ0v) is 12.6. The second kappa shape index (κ2) is 7.61. The highest BCUT2D eigenvalue weighted by Crippen LogP contribution is 2.34. The van der Waals surface area contributed by atoms with Gasteiger partial charge in [-0.3, -0.25) is 4.90 Å². The summed E-state index contributed by atoms with van der Waals surface area (Å²) in [4.78, 5) is 1.33. The summed E-state index contributed by atoms with van der Waals surface area (Å²) in [7, 11) is 1.88. The van der Waals surface area contributed by atoms with Crippen LogP contribution in [0, 0.1) is 17.8 Å². The second-order valence-corrected chi connectivity index (χ2v) is 6.19. The number of aliphatic hydroxyl groups excluding tert-OH is 1. The van der Waals surface area contributed by atoms with Crippen molar-refractivity contribution in [2.45, 2.75) is 38.9 Å². The largest absolute Gasteiger partial charge is 0.401 e. The average Bonchev–Trinajstić information content (AvgIpc) is 2.30. The van der Waals surface area contributed by atoms with E-state index < -0.39 is 12.7 Å². The van der Waals surface area contributed by atoms with Gasteiger partial charge in [0.25, 0.3) is 0 Å². The third-order valence-corrected chi connectivity index (χ3v) is 4.34. The Morgan fingerprint density at radius 1 is 1.25 bits per heavy atom. The molecule has 2 N–H and O–H groups in total. The van der Waals surface area contributed by atoms with Crippen LogP contribution < -0.4 is 5.32 Å².